The maximum Gasteiger partial charge on any atom is 0.213 e. The molecule has 0 heterocycles. The minimum atomic E-state index is -4.00. The Morgan fingerprint density at radius 2 is 1.16 bits per heavy atom. The molecule has 0 atom stereocenters. The van der Waals surface area contributed by atoms with Crippen LogP contribution in [0.3, 0.4) is 0 Å². The Kier molecular flexibility index (Phi) is 6.48. The van der Waals surface area contributed by atoms with Gasteiger partial charge < -0.3 is 10.2 Å². The molecule has 0 aromatic heterocycles. The van der Waals surface area contributed by atoms with Crippen LogP contribution in [-0.4, -0.2) is 18.6 Å². The molecular formula is C20H26O4S. The maximum absolute atomic E-state index is 13.0. The average molecular weight is 362 g/mol. The van der Waals surface area contributed by atoms with Gasteiger partial charge in [-0.3, -0.25) is 0 Å². The molecule has 5 heteroatoms. The Morgan fingerprint density at radius 1 is 0.760 bits per heavy atom. The summed E-state index contributed by atoms with van der Waals surface area (Å²) < 4.78 is 26.0. The second-order valence-corrected chi connectivity index (χ2v) is 8.20. The molecule has 0 saturated heterocycles. The third-order valence-corrected chi connectivity index (χ3v) is 6.08. The SMILES string of the molecule is CCCCc1ccc(O)c(S(=O)(=O)c2cc(CCCC)ccc2O)c1. The van der Waals surface area contributed by atoms with E-state index in [-0.39, 0.29) is 21.3 Å². The Hall–Kier alpha value is -2.01. The van der Waals surface area contributed by atoms with Crippen LogP contribution in [0.25, 0.3) is 0 Å². The lowest BCUT2D eigenvalue weighted by atomic mass is 10.1. The van der Waals surface area contributed by atoms with Crippen molar-refractivity contribution in [2.75, 3.05) is 0 Å². The summed E-state index contributed by atoms with van der Waals surface area (Å²) in [7, 11) is -4.00. The summed E-state index contributed by atoms with van der Waals surface area (Å²) in [5.41, 5.74) is 1.72. The summed E-state index contributed by atoms with van der Waals surface area (Å²) in [4.78, 5) is -0.298. The number of hydrogen-bond donors (Lipinski definition) is 2. The molecule has 2 aromatic rings. The van der Waals surface area contributed by atoms with Crippen molar-refractivity contribution < 1.29 is 18.6 Å². The molecule has 0 spiro atoms. The van der Waals surface area contributed by atoms with Crippen LogP contribution in [0.2, 0.25) is 0 Å². The van der Waals surface area contributed by atoms with E-state index < -0.39 is 9.84 Å². The molecule has 0 amide bonds. The molecule has 0 fully saturated rings. The molecule has 25 heavy (non-hydrogen) atoms. The molecule has 0 aliphatic heterocycles. The molecule has 0 aliphatic rings. The van der Waals surface area contributed by atoms with Crippen molar-refractivity contribution in [3.8, 4) is 11.5 Å². The molecule has 136 valence electrons. The molecule has 0 saturated carbocycles. The van der Waals surface area contributed by atoms with Gasteiger partial charge >= 0.3 is 0 Å². The van der Waals surface area contributed by atoms with Gasteiger partial charge in [-0.15, -0.1) is 0 Å². The van der Waals surface area contributed by atoms with Gasteiger partial charge in [0.2, 0.25) is 9.84 Å². The Labute approximate surface area is 150 Å². The number of aromatic hydroxyl groups is 2. The summed E-state index contributed by atoms with van der Waals surface area (Å²) in [5, 5.41) is 20.2. The minimum absolute atomic E-state index is 0.149. The minimum Gasteiger partial charge on any atom is -0.507 e. The number of phenols is 2. The van der Waals surface area contributed by atoms with E-state index in [0.29, 0.717) is 0 Å². The molecule has 0 unspecified atom stereocenters. The van der Waals surface area contributed by atoms with Crippen molar-refractivity contribution in [3.63, 3.8) is 0 Å². The van der Waals surface area contributed by atoms with E-state index in [1.807, 2.05) is 0 Å². The summed E-state index contributed by atoms with van der Waals surface area (Å²) in [6.07, 6.45) is 5.40. The number of phenolic OH excluding ortho intramolecular Hbond substituents is 2. The first kappa shape index (κ1) is 19.3. The molecule has 2 rings (SSSR count). The van der Waals surface area contributed by atoms with Crippen molar-refractivity contribution in [1.82, 2.24) is 0 Å². The highest BCUT2D eigenvalue weighted by Crippen LogP contribution is 2.34. The lowest BCUT2D eigenvalue weighted by Crippen LogP contribution is -2.05. The van der Waals surface area contributed by atoms with E-state index in [9.17, 15) is 18.6 Å². The normalized spacial score (nSPS) is 11.6. The zero-order valence-corrected chi connectivity index (χ0v) is 15.6. The predicted octanol–water partition coefficient (Wildman–Crippen LogP) is 4.62. The van der Waals surface area contributed by atoms with Crippen LogP contribution in [0.1, 0.15) is 50.7 Å². The lowest BCUT2D eigenvalue weighted by molar-refractivity contribution is 0.452. The van der Waals surface area contributed by atoms with Crippen LogP contribution >= 0.6 is 0 Å². The van der Waals surface area contributed by atoms with Gasteiger partial charge in [-0.2, -0.15) is 0 Å². The zero-order chi connectivity index (χ0) is 18.4. The van der Waals surface area contributed by atoms with E-state index >= 15 is 0 Å². The van der Waals surface area contributed by atoms with Gasteiger partial charge in [-0.1, -0.05) is 38.8 Å². The Balaban J connectivity index is 2.48. The van der Waals surface area contributed by atoms with E-state index in [1.165, 1.54) is 24.3 Å². The van der Waals surface area contributed by atoms with Crippen molar-refractivity contribution in [2.24, 2.45) is 0 Å². The second-order valence-electron chi connectivity index (χ2n) is 6.31. The molecule has 0 bridgehead atoms. The molecule has 2 N–H and O–H groups in total. The van der Waals surface area contributed by atoms with Gasteiger partial charge in [0.05, 0.1) is 0 Å². The number of sulfone groups is 1. The van der Waals surface area contributed by atoms with Gasteiger partial charge in [-0.05, 0) is 61.1 Å². The predicted molar refractivity (Wildman–Crippen MR) is 98.9 cm³/mol. The molecular weight excluding hydrogens is 336 g/mol. The standard InChI is InChI=1S/C20H26O4S/c1-3-5-7-15-9-11-17(21)19(13-15)25(23,24)20-14-16(8-6-4-2)10-12-18(20)22/h9-14,21-22H,3-8H2,1-2H3. The van der Waals surface area contributed by atoms with E-state index in [0.717, 1.165) is 49.7 Å². The van der Waals surface area contributed by atoms with Crippen LogP contribution in [0.15, 0.2) is 46.2 Å². The van der Waals surface area contributed by atoms with Crippen LogP contribution in [0, 0.1) is 0 Å². The number of hydrogen-bond acceptors (Lipinski definition) is 4. The van der Waals surface area contributed by atoms with Gasteiger partial charge in [-0.25, -0.2) is 8.42 Å². The highest BCUT2D eigenvalue weighted by molar-refractivity contribution is 7.91. The molecule has 0 radical (unpaired) electrons. The fourth-order valence-electron chi connectivity index (χ4n) is 2.74. The highest BCUT2D eigenvalue weighted by Gasteiger charge is 2.25. The van der Waals surface area contributed by atoms with Gasteiger partial charge in [0, 0.05) is 0 Å². The fourth-order valence-corrected chi connectivity index (χ4v) is 4.28. The number of unbranched alkanes of at least 4 members (excludes halogenated alkanes) is 2. The summed E-state index contributed by atoms with van der Waals surface area (Å²) in [6, 6.07) is 9.33. The zero-order valence-electron chi connectivity index (χ0n) is 14.8. The van der Waals surface area contributed by atoms with Crippen molar-refractivity contribution in [3.05, 3.63) is 47.5 Å². The van der Waals surface area contributed by atoms with E-state index in [4.69, 9.17) is 0 Å². The average Bonchev–Trinajstić information content (AvgIpc) is 2.60. The van der Waals surface area contributed by atoms with Gasteiger partial charge in [0.15, 0.2) is 0 Å². The van der Waals surface area contributed by atoms with Crippen LogP contribution in [0.5, 0.6) is 11.5 Å². The number of rotatable bonds is 8. The number of benzene rings is 2. The van der Waals surface area contributed by atoms with Crippen molar-refractivity contribution in [2.45, 2.75) is 62.2 Å². The van der Waals surface area contributed by atoms with Crippen LogP contribution in [-0.2, 0) is 22.7 Å². The third-order valence-electron chi connectivity index (χ3n) is 4.27. The monoisotopic (exact) mass is 362 g/mol. The Bertz CT molecular complexity index is 762. The first-order valence-electron chi connectivity index (χ1n) is 8.79. The first-order chi connectivity index (χ1) is 11.9. The molecule has 2 aromatic carbocycles. The van der Waals surface area contributed by atoms with E-state index in [1.54, 1.807) is 12.1 Å². The third kappa shape index (κ3) is 4.54. The number of aryl methyl sites for hydroxylation is 2. The smallest absolute Gasteiger partial charge is 0.213 e. The Morgan fingerprint density at radius 3 is 1.52 bits per heavy atom. The van der Waals surface area contributed by atoms with E-state index in [2.05, 4.69) is 13.8 Å². The summed E-state index contributed by atoms with van der Waals surface area (Å²) >= 11 is 0. The van der Waals surface area contributed by atoms with Crippen molar-refractivity contribution >= 4 is 9.84 Å². The molecule has 4 nitrogen and oxygen atoms in total. The lowest BCUT2D eigenvalue weighted by Gasteiger charge is -2.12. The largest absolute Gasteiger partial charge is 0.507 e. The van der Waals surface area contributed by atoms with Crippen LogP contribution in [0.4, 0.5) is 0 Å². The maximum atomic E-state index is 13.0. The van der Waals surface area contributed by atoms with Crippen LogP contribution < -0.4 is 0 Å². The highest BCUT2D eigenvalue weighted by atomic mass is 32.2. The second kappa shape index (κ2) is 8.39. The van der Waals surface area contributed by atoms with Crippen molar-refractivity contribution in [1.29, 1.82) is 0 Å². The fraction of sp³-hybridized carbons (Fsp3) is 0.400. The summed E-state index contributed by atoms with van der Waals surface area (Å²) in [5.74, 6) is -0.586. The quantitative estimate of drug-likeness (QED) is 0.719. The topological polar surface area (TPSA) is 74.6 Å². The summed E-state index contributed by atoms with van der Waals surface area (Å²) in [6.45, 7) is 4.13. The van der Waals surface area contributed by atoms with Gasteiger partial charge in [0.25, 0.3) is 0 Å². The first-order valence-corrected chi connectivity index (χ1v) is 10.3. The van der Waals surface area contributed by atoms with Gasteiger partial charge in [0.1, 0.15) is 21.3 Å². The molecule has 0 aliphatic carbocycles.